The molecule has 1 rings (SSSR count). The van der Waals surface area contributed by atoms with Gasteiger partial charge in [-0.15, -0.1) is 0 Å². The molecule has 0 atom stereocenters. The highest BCUT2D eigenvalue weighted by atomic mass is 19.1. The van der Waals surface area contributed by atoms with Gasteiger partial charge in [0.15, 0.2) is 11.5 Å². The lowest BCUT2D eigenvalue weighted by atomic mass is 10.1. The minimum absolute atomic E-state index is 0.0865. The molecule has 0 aliphatic rings. The third-order valence-electron chi connectivity index (χ3n) is 1.95. The van der Waals surface area contributed by atoms with Gasteiger partial charge in [0.05, 0.1) is 6.61 Å². The molecular formula is C12H13FN2O3. The minimum atomic E-state index is -1.08. The fraction of sp³-hybridized carbons (Fsp3) is 0.333. The molecule has 0 aliphatic carbocycles. The number of carbonyl (C=O) groups is 2. The Morgan fingerprint density at radius 1 is 1.50 bits per heavy atom. The van der Waals surface area contributed by atoms with E-state index in [1.807, 2.05) is 13.8 Å². The van der Waals surface area contributed by atoms with Crippen LogP contribution in [0.4, 0.5) is 4.39 Å². The lowest BCUT2D eigenvalue weighted by Crippen LogP contribution is -2.28. The first kappa shape index (κ1) is 14.0. The molecular weight excluding hydrogens is 239 g/mol. The van der Waals surface area contributed by atoms with Crippen molar-refractivity contribution in [2.24, 2.45) is 5.92 Å². The fourth-order valence-corrected chi connectivity index (χ4v) is 1.08. The molecule has 0 spiro atoms. The molecule has 1 heterocycles. The van der Waals surface area contributed by atoms with Gasteiger partial charge >= 0.3 is 5.97 Å². The highest BCUT2D eigenvalue weighted by Gasteiger charge is 2.25. The van der Waals surface area contributed by atoms with Crippen molar-refractivity contribution in [2.75, 3.05) is 6.61 Å². The second kappa shape index (κ2) is 6.00. The molecule has 0 aromatic carbocycles. The number of hydrogen-bond donors (Lipinski definition) is 1. The molecule has 6 heteroatoms. The van der Waals surface area contributed by atoms with Gasteiger partial charge in [-0.2, -0.15) is 0 Å². The first-order valence-electron chi connectivity index (χ1n) is 5.34. The molecule has 0 radical (unpaired) electrons. The SMILES string of the molecule is CC(C)COC(=O)C(=N)C(=O)c1ncccc1F. The molecule has 5 nitrogen and oxygen atoms in total. The zero-order chi connectivity index (χ0) is 13.7. The summed E-state index contributed by atoms with van der Waals surface area (Å²) in [6.45, 7) is 3.73. The van der Waals surface area contributed by atoms with E-state index in [9.17, 15) is 14.0 Å². The quantitative estimate of drug-likeness (QED) is 0.374. The van der Waals surface area contributed by atoms with Crippen LogP contribution in [-0.2, 0) is 9.53 Å². The number of halogens is 1. The van der Waals surface area contributed by atoms with Gasteiger partial charge in [-0.3, -0.25) is 10.2 Å². The molecule has 0 saturated heterocycles. The molecule has 0 bridgehead atoms. The van der Waals surface area contributed by atoms with Crippen LogP contribution in [0.5, 0.6) is 0 Å². The topological polar surface area (TPSA) is 80.1 Å². The van der Waals surface area contributed by atoms with E-state index >= 15 is 0 Å². The van der Waals surface area contributed by atoms with Crippen LogP contribution in [-0.4, -0.2) is 29.1 Å². The molecule has 1 aromatic heterocycles. The standard InChI is InChI=1S/C12H13FN2O3/c1-7(2)6-18-12(17)9(14)11(16)10-8(13)4-3-5-15-10/h3-5,7,14H,6H2,1-2H3. The van der Waals surface area contributed by atoms with Crippen LogP contribution in [0, 0.1) is 17.1 Å². The number of ketones is 1. The second-order valence-electron chi connectivity index (χ2n) is 4.03. The lowest BCUT2D eigenvalue weighted by molar-refractivity contribution is -0.136. The van der Waals surface area contributed by atoms with Crippen LogP contribution in [0.2, 0.25) is 0 Å². The lowest BCUT2D eigenvalue weighted by Gasteiger charge is -2.07. The van der Waals surface area contributed by atoms with Gasteiger partial charge in [0, 0.05) is 6.20 Å². The summed E-state index contributed by atoms with van der Waals surface area (Å²) in [6.07, 6.45) is 1.21. The highest BCUT2D eigenvalue weighted by Crippen LogP contribution is 2.05. The van der Waals surface area contributed by atoms with Crippen LogP contribution in [0.1, 0.15) is 24.3 Å². The Morgan fingerprint density at radius 2 is 2.17 bits per heavy atom. The van der Waals surface area contributed by atoms with Gasteiger partial charge in [-0.25, -0.2) is 14.2 Å². The predicted molar refractivity (Wildman–Crippen MR) is 62.0 cm³/mol. The van der Waals surface area contributed by atoms with E-state index in [1.54, 1.807) is 0 Å². The largest absolute Gasteiger partial charge is 0.461 e. The summed E-state index contributed by atoms with van der Waals surface area (Å²) in [5.74, 6) is -2.94. The van der Waals surface area contributed by atoms with E-state index in [1.165, 1.54) is 12.3 Å². The molecule has 96 valence electrons. The number of ether oxygens (including phenoxy) is 1. The Hall–Kier alpha value is -2.11. The van der Waals surface area contributed by atoms with E-state index in [0.29, 0.717) is 0 Å². The van der Waals surface area contributed by atoms with Gasteiger partial charge in [0.25, 0.3) is 0 Å². The summed E-state index contributed by atoms with van der Waals surface area (Å²) in [5.41, 5.74) is -1.47. The number of Topliss-reactive ketones (excluding diaryl/α,β-unsaturated/α-hetero) is 1. The molecule has 0 aliphatic heterocycles. The van der Waals surface area contributed by atoms with Crippen molar-refractivity contribution in [3.63, 3.8) is 0 Å². The summed E-state index contributed by atoms with van der Waals surface area (Å²) < 4.78 is 18.0. The Morgan fingerprint density at radius 3 is 2.72 bits per heavy atom. The summed E-state index contributed by atoms with van der Waals surface area (Å²) >= 11 is 0. The molecule has 18 heavy (non-hydrogen) atoms. The van der Waals surface area contributed by atoms with Gasteiger partial charge in [0.2, 0.25) is 5.78 Å². The van der Waals surface area contributed by atoms with Crippen molar-refractivity contribution in [3.8, 4) is 0 Å². The number of rotatable bonds is 5. The maximum atomic E-state index is 13.2. The van der Waals surface area contributed by atoms with Crippen molar-refractivity contribution in [1.29, 1.82) is 5.41 Å². The number of pyridine rings is 1. The average Bonchev–Trinajstić information content (AvgIpc) is 2.34. The van der Waals surface area contributed by atoms with E-state index < -0.39 is 29.0 Å². The van der Waals surface area contributed by atoms with Crippen molar-refractivity contribution in [2.45, 2.75) is 13.8 Å². The Bertz CT molecular complexity index is 486. The third-order valence-corrected chi connectivity index (χ3v) is 1.95. The number of aromatic nitrogens is 1. The maximum absolute atomic E-state index is 13.2. The maximum Gasteiger partial charge on any atom is 0.360 e. The molecule has 0 saturated carbocycles. The van der Waals surface area contributed by atoms with Gasteiger partial charge in [-0.05, 0) is 18.1 Å². The molecule has 0 fully saturated rings. The van der Waals surface area contributed by atoms with Crippen LogP contribution >= 0.6 is 0 Å². The number of carbonyl (C=O) groups excluding carboxylic acids is 2. The predicted octanol–water partition coefficient (Wildman–Crippen LogP) is 1.62. The monoisotopic (exact) mass is 252 g/mol. The van der Waals surface area contributed by atoms with E-state index in [2.05, 4.69) is 4.98 Å². The van der Waals surface area contributed by atoms with Crippen molar-refractivity contribution in [1.82, 2.24) is 4.98 Å². The van der Waals surface area contributed by atoms with Gasteiger partial charge < -0.3 is 4.74 Å². The van der Waals surface area contributed by atoms with Gasteiger partial charge in [-0.1, -0.05) is 13.8 Å². The normalized spacial score (nSPS) is 10.2. The third kappa shape index (κ3) is 3.44. The summed E-state index contributed by atoms with van der Waals surface area (Å²) in [4.78, 5) is 26.5. The number of nitrogens with one attached hydrogen (secondary N) is 1. The average molecular weight is 252 g/mol. The van der Waals surface area contributed by atoms with Crippen molar-refractivity contribution < 1.29 is 18.7 Å². The molecule has 0 amide bonds. The molecule has 1 aromatic rings. The number of hydrogen-bond acceptors (Lipinski definition) is 5. The number of esters is 1. The van der Waals surface area contributed by atoms with Crippen LogP contribution in [0.15, 0.2) is 18.3 Å². The van der Waals surface area contributed by atoms with Crippen molar-refractivity contribution in [3.05, 3.63) is 29.8 Å². The first-order valence-corrected chi connectivity index (χ1v) is 5.34. The summed E-state index contributed by atoms with van der Waals surface area (Å²) in [5, 5.41) is 7.35. The first-order chi connectivity index (χ1) is 8.43. The van der Waals surface area contributed by atoms with Crippen LogP contribution in [0.3, 0.4) is 0 Å². The summed E-state index contributed by atoms with van der Waals surface area (Å²) in [6, 6.07) is 2.35. The number of nitrogens with zero attached hydrogens (tertiary/aromatic N) is 1. The second-order valence-corrected chi connectivity index (χ2v) is 4.03. The Kier molecular flexibility index (Phi) is 4.65. The van der Waals surface area contributed by atoms with Gasteiger partial charge in [0.1, 0.15) is 5.69 Å². The smallest absolute Gasteiger partial charge is 0.360 e. The fourth-order valence-electron chi connectivity index (χ4n) is 1.08. The Balaban J connectivity index is 2.76. The van der Waals surface area contributed by atoms with Crippen molar-refractivity contribution >= 4 is 17.5 Å². The van der Waals surface area contributed by atoms with E-state index in [-0.39, 0.29) is 12.5 Å². The van der Waals surface area contributed by atoms with E-state index in [0.717, 1.165) is 6.07 Å². The van der Waals surface area contributed by atoms with E-state index in [4.69, 9.17) is 10.1 Å². The molecule has 0 unspecified atom stereocenters. The molecule has 1 N–H and O–H groups in total. The summed E-state index contributed by atoms with van der Waals surface area (Å²) in [7, 11) is 0. The highest BCUT2D eigenvalue weighted by molar-refractivity contribution is 6.66. The van der Waals surface area contributed by atoms with Crippen LogP contribution < -0.4 is 0 Å². The minimum Gasteiger partial charge on any atom is -0.461 e. The van der Waals surface area contributed by atoms with Crippen LogP contribution in [0.25, 0.3) is 0 Å². The zero-order valence-corrected chi connectivity index (χ0v) is 10.1. The Labute approximate surface area is 103 Å². The zero-order valence-electron chi connectivity index (χ0n) is 10.1.